The number of carbonyl (C=O) groups is 1. The highest BCUT2D eigenvalue weighted by atomic mass is 35.5. The molecule has 0 heterocycles. The van der Waals surface area contributed by atoms with Crippen LogP contribution in [0.1, 0.15) is 18.1 Å². The molecule has 0 aliphatic carbocycles. The minimum Gasteiger partial charge on any atom is -0.496 e. The van der Waals surface area contributed by atoms with E-state index in [9.17, 15) is 4.79 Å². The van der Waals surface area contributed by atoms with E-state index in [1.165, 1.54) is 14.0 Å². The average molecular weight is 246 g/mol. The number of benzene rings is 1. The third-order valence-electron chi connectivity index (χ3n) is 2.36. The molecule has 1 aromatic carbocycles. The lowest BCUT2D eigenvalue weighted by Crippen LogP contribution is -2.42. The zero-order valence-corrected chi connectivity index (χ0v) is 10.3. The molecule has 1 unspecified atom stereocenters. The van der Waals surface area contributed by atoms with Crippen LogP contribution in [0.3, 0.4) is 0 Å². The van der Waals surface area contributed by atoms with Crippen LogP contribution in [-0.4, -0.2) is 18.2 Å². The van der Waals surface area contributed by atoms with Gasteiger partial charge in [-0.05, 0) is 26.0 Å². The van der Waals surface area contributed by atoms with Crippen molar-refractivity contribution in [2.45, 2.75) is 19.4 Å². The van der Waals surface area contributed by atoms with Gasteiger partial charge < -0.3 is 15.6 Å². The highest BCUT2D eigenvalue weighted by Gasteiger charge is 2.33. The molecule has 3 N–H and O–H groups in total. The van der Waals surface area contributed by atoms with Crippen LogP contribution in [0.15, 0.2) is 18.2 Å². The molecular formula is C11H16ClNO3. The molecule has 1 rings (SSSR count). The second kappa shape index (κ2) is 5.18. The predicted molar refractivity (Wildman–Crippen MR) is 64.2 cm³/mol. The third-order valence-corrected chi connectivity index (χ3v) is 2.36. The highest BCUT2D eigenvalue weighted by Crippen LogP contribution is 2.29. The van der Waals surface area contributed by atoms with E-state index < -0.39 is 11.5 Å². The maximum atomic E-state index is 11.0. The van der Waals surface area contributed by atoms with Crippen LogP contribution in [0.25, 0.3) is 0 Å². The molecule has 0 fully saturated rings. The van der Waals surface area contributed by atoms with Crippen molar-refractivity contribution in [3.63, 3.8) is 0 Å². The van der Waals surface area contributed by atoms with E-state index in [1.807, 2.05) is 13.0 Å². The zero-order valence-electron chi connectivity index (χ0n) is 9.48. The number of halogens is 1. The van der Waals surface area contributed by atoms with Gasteiger partial charge in [-0.2, -0.15) is 0 Å². The van der Waals surface area contributed by atoms with Crippen LogP contribution in [0, 0.1) is 6.92 Å². The van der Waals surface area contributed by atoms with E-state index in [1.54, 1.807) is 12.1 Å². The van der Waals surface area contributed by atoms with Gasteiger partial charge in [0.25, 0.3) is 0 Å². The lowest BCUT2D eigenvalue weighted by molar-refractivity contribution is -0.143. The standard InChI is InChI=1S/C11H15NO3.ClH/c1-7-4-5-9(15-3)8(6-7)11(2,12)10(13)14;/h4-6H,12H2,1-3H3,(H,13,14);1H. The molecule has 16 heavy (non-hydrogen) atoms. The maximum absolute atomic E-state index is 11.0. The highest BCUT2D eigenvalue weighted by molar-refractivity contribution is 5.85. The summed E-state index contributed by atoms with van der Waals surface area (Å²) < 4.78 is 5.09. The Morgan fingerprint density at radius 1 is 1.50 bits per heavy atom. The molecule has 0 radical (unpaired) electrons. The number of rotatable bonds is 3. The van der Waals surface area contributed by atoms with Crippen LogP contribution in [0.2, 0.25) is 0 Å². The minimum atomic E-state index is -1.43. The number of aryl methyl sites for hydroxylation is 1. The molecule has 0 aliphatic heterocycles. The summed E-state index contributed by atoms with van der Waals surface area (Å²) in [5.41, 5.74) is 5.75. The number of hydrogen-bond acceptors (Lipinski definition) is 3. The number of hydrogen-bond donors (Lipinski definition) is 2. The molecule has 1 atom stereocenters. The second-order valence-corrected chi connectivity index (χ2v) is 3.71. The molecule has 4 nitrogen and oxygen atoms in total. The Kier molecular flexibility index (Phi) is 4.78. The first kappa shape index (κ1) is 14.7. The van der Waals surface area contributed by atoms with Gasteiger partial charge in [0.05, 0.1) is 7.11 Å². The van der Waals surface area contributed by atoms with Crippen LogP contribution in [0.5, 0.6) is 5.75 Å². The monoisotopic (exact) mass is 245 g/mol. The van der Waals surface area contributed by atoms with Gasteiger partial charge in [-0.1, -0.05) is 11.6 Å². The fourth-order valence-electron chi connectivity index (χ4n) is 1.34. The fourth-order valence-corrected chi connectivity index (χ4v) is 1.34. The van der Waals surface area contributed by atoms with Gasteiger partial charge in [-0.3, -0.25) is 0 Å². The van der Waals surface area contributed by atoms with E-state index in [-0.39, 0.29) is 12.4 Å². The first-order chi connectivity index (χ1) is 6.89. The zero-order chi connectivity index (χ0) is 11.6. The van der Waals surface area contributed by atoms with Crippen molar-refractivity contribution in [3.8, 4) is 5.75 Å². The van der Waals surface area contributed by atoms with Gasteiger partial charge in [-0.15, -0.1) is 12.4 Å². The Balaban J connectivity index is 0.00000225. The van der Waals surface area contributed by atoms with Gasteiger partial charge in [0.1, 0.15) is 11.3 Å². The lowest BCUT2D eigenvalue weighted by atomic mass is 9.91. The lowest BCUT2D eigenvalue weighted by Gasteiger charge is -2.22. The predicted octanol–water partition coefficient (Wildman–Crippen LogP) is 1.68. The number of carboxylic acids is 1. The Morgan fingerprint density at radius 2 is 2.06 bits per heavy atom. The first-order valence-corrected chi connectivity index (χ1v) is 4.57. The molecular weight excluding hydrogens is 230 g/mol. The molecule has 0 aliphatic rings. The summed E-state index contributed by atoms with van der Waals surface area (Å²) in [6.07, 6.45) is 0. The van der Waals surface area contributed by atoms with E-state index in [4.69, 9.17) is 15.6 Å². The van der Waals surface area contributed by atoms with Crippen molar-refractivity contribution in [1.82, 2.24) is 0 Å². The second-order valence-electron chi connectivity index (χ2n) is 3.71. The molecule has 0 spiro atoms. The van der Waals surface area contributed by atoms with Crippen molar-refractivity contribution in [3.05, 3.63) is 29.3 Å². The number of nitrogens with two attached hydrogens (primary N) is 1. The van der Waals surface area contributed by atoms with Gasteiger partial charge in [-0.25, -0.2) is 4.79 Å². The SMILES string of the molecule is COc1ccc(C)cc1C(C)(N)C(=O)O.Cl. The normalized spacial score (nSPS) is 13.5. The van der Waals surface area contributed by atoms with Crippen molar-refractivity contribution in [1.29, 1.82) is 0 Å². The molecule has 0 aromatic heterocycles. The summed E-state index contributed by atoms with van der Waals surface area (Å²) in [6.45, 7) is 3.33. The van der Waals surface area contributed by atoms with Crippen molar-refractivity contribution < 1.29 is 14.6 Å². The quantitative estimate of drug-likeness (QED) is 0.850. The van der Waals surface area contributed by atoms with E-state index in [2.05, 4.69) is 0 Å². The summed E-state index contributed by atoms with van der Waals surface area (Å²) in [6, 6.07) is 5.30. The van der Waals surface area contributed by atoms with E-state index >= 15 is 0 Å². The maximum Gasteiger partial charge on any atom is 0.328 e. The Labute approximate surface area is 101 Å². The Hall–Kier alpha value is -1.26. The van der Waals surface area contributed by atoms with Crippen LogP contribution in [0.4, 0.5) is 0 Å². The molecule has 1 aromatic rings. The smallest absolute Gasteiger partial charge is 0.328 e. The third kappa shape index (κ3) is 2.65. The number of methoxy groups -OCH3 is 1. The van der Waals surface area contributed by atoms with Crippen LogP contribution < -0.4 is 10.5 Å². The average Bonchev–Trinajstić information content (AvgIpc) is 2.17. The summed E-state index contributed by atoms with van der Waals surface area (Å²) in [7, 11) is 1.49. The Morgan fingerprint density at radius 3 is 2.50 bits per heavy atom. The molecule has 0 bridgehead atoms. The van der Waals surface area contributed by atoms with Gasteiger partial charge >= 0.3 is 5.97 Å². The van der Waals surface area contributed by atoms with Gasteiger partial charge in [0.15, 0.2) is 0 Å². The fraction of sp³-hybridized carbons (Fsp3) is 0.364. The Bertz CT molecular complexity index is 391. The van der Waals surface area contributed by atoms with Crippen LogP contribution in [-0.2, 0) is 10.3 Å². The number of carboxylic acid groups (broad SMARTS) is 1. The van der Waals surface area contributed by atoms with Gasteiger partial charge in [0.2, 0.25) is 0 Å². The molecule has 0 saturated carbocycles. The molecule has 0 saturated heterocycles. The molecule has 0 amide bonds. The summed E-state index contributed by atoms with van der Waals surface area (Å²) in [5.74, 6) is -0.584. The molecule has 90 valence electrons. The summed E-state index contributed by atoms with van der Waals surface area (Å²) in [5, 5.41) is 9.02. The molecule has 5 heteroatoms. The number of aliphatic carboxylic acids is 1. The first-order valence-electron chi connectivity index (χ1n) is 4.57. The number of ether oxygens (including phenoxy) is 1. The van der Waals surface area contributed by atoms with E-state index in [0.29, 0.717) is 11.3 Å². The summed E-state index contributed by atoms with van der Waals surface area (Å²) >= 11 is 0. The van der Waals surface area contributed by atoms with Gasteiger partial charge in [0, 0.05) is 5.56 Å². The van der Waals surface area contributed by atoms with E-state index in [0.717, 1.165) is 5.56 Å². The minimum absolute atomic E-state index is 0. The topological polar surface area (TPSA) is 72.5 Å². The van der Waals surface area contributed by atoms with Crippen LogP contribution >= 0.6 is 12.4 Å². The van der Waals surface area contributed by atoms with Crippen molar-refractivity contribution in [2.24, 2.45) is 5.73 Å². The van der Waals surface area contributed by atoms with Crippen molar-refractivity contribution in [2.75, 3.05) is 7.11 Å². The summed E-state index contributed by atoms with van der Waals surface area (Å²) in [4.78, 5) is 11.0. The van der Waals surface area contributed by atoms with Crippen molar-refractivity contribution >= 4 is 18.4 Å². The largest absolute Gasteiger partial charge is 0.496 e.